The molecular weight excluding hydrogens is 648 g/mol. The first kappa shape index (κ1) is 41.9. The zero-order valence-corrected chi connectivity index (χ0v) is 32.0. The van der Waals surface area contributed by atoms with Crippen LogP contribution in [0, 0.1) is 23.7 Å². The average Bonchev–Trinajstić information content (AvgIpc) is 3.03. The highest BCUT2D eigenvalue weighted by molar-refractivity contribution is 6.00. The van der Waals surface area contributed by atoms with Gasteiger partial charge in [-0.1, -0.05) is 34.3 Å². The Hall–Kier alpha value is -2.55. The molecule has 3 fully saturated rings. The maximum atomic E-state index is 14.3. The molecule has 3 saturated heterocycles. The van der Waals surface area contributed by atoms with Crippen molar-refractivity contribution in [3.05, 3.63) is 12.2 Å². The summed E-state index contributed by atoms with van der Waals surface area (Å²) in [6.07, 6.45) is -4.42. The molecule has 1 amide bonds. The fourth-order valence-electron chi connectivity index (χ4n) is 7.90. The molecule has 1 unspecified atom stereocenters. The van der Waals surface area contributed by atoms with E-state index in [1.54, 1.807) is 13.8 Å². The van der Waals surface area contributed by atoms with Crippen molar-refractivity contribution in [2.24, 2.45) is 28.7 Å². The van der Waals surface area contributed by atoms with E-state index in [0.29, 0.717) is 17.7 Å². The van der Waals surface area contributed by atoms with Gasteiger partial charge in [0.05, 0.1) is 43.2 Å². The summed E-state index contributed by atoms with van der Waals surface area (Å²) in [5.74, 6) is -5.55. The highest BCUT2D eigenvalue weighted by atomic mass is 16.7. The fourth-order valence-corrected chi connectivity index (χ4v) is 7.90. The molecule has 2 bridgehead atoms. The third kappa shape index (κ3) is 9.46. The Morgan fingerprint density at radius 3 is 2.26 bits per heavy atom. The topological polar surface area (TPSA) is 159 Å². The number of fused-ring (bicyclic) bond motifs is 5. The monoisotopic (exact) mass is 708 g/mol. The van der Waals surface area contributed by atoms with Gasteiger partial charge in [-0.25, -0.2) is 4.99 Å². The maximum absolute atomic E-state index is 14.3. The van der Waals surface area contributed by atoms with Crippen LogP contribution in [0.4, 0.5) is 0 Å². The molecule has 1 N–H and O–H groups in total. The Morgan fingerprint density at radius 1 is 1.06 bits per heavy atom. The van der Waals surface area contributed by atoms with E-state index in [2.05, 4.69) is 11.6 Å². The number of cyclic esters (lactones) is 1. The first-order valence-electron chi connectivity index (χ1n) is 17.8. The van der Waals surface area contributed by atoms with Gasteiger partial charge < -0.3 is 38.4 Å². The molecule has 0 aliphatic carbocycles. The highest BCUT2D eigenvalue weighted by Crippen LogP contribution is 2.40. The van der Waals surface area contributed by atoms with E-state index < -0.39 is 89.2 Å². The van der Waals surface area contributed by atoms with Crippen LogP contribution in [0.1, 0.15) is 88.5 Å². The number of likely N-dealkylation sites (N-methyl/N-ethyl adjacent to an activating group) is 1. The molecule has 284 valence electrons. The van der Waals surface area contributed by atoms with Crippen molar-refractivity contribution in [1.82, 2.24) is 4.90 Å². The molecule has 3 aliphatic heterocycles. The van der Waals surface area contributed by atoms with E-state index in [0.717, 1.165) is 0 Å². The van der Waals surface area contributed by atoms with Gasteiger partial charge in [0.15, 0.2) is 18.2 Å². The summed E-state index contributed by atoms with van der Waals surface area (Å²) in [6.45, 7) is 20.7. The van der Waals surface area contributed by atoms with Crippen LogP contribution in [0.2, 0.25) is 0 Å². The van der Waals surface area contributed by atoms with Crippen LogP contribution >= 0.6 is 0 Å². The Balaban J connectivity index is 2.32. The van der Waals surface area contributed by atoms with Crippen molar-refractivity contribution in [2.45, 2.75) is 143 Å². The molecule has 0 spiro atoms. The predicted octanol–water partition coefficient (Wildman–Crippen LogP) is 3.68. The van der Waals surface area contributed by atoms with E-state index in [1.165, 1.54) is 27.7 Å². The van der Waals surface area contributed by atoms with Crippen LogP contribution in [-0.2, 0) is 47.6 Å². The minimum atomic E-state index is -1.76. The van der Waals surface area contributed by atoms with Crippen LogP contribution in [0.5, 0.6) is 0 Å². The lowest BCUT2D eigenvalue weighted by atomic mass is 9.73. The summed E-state index contributed by atoms with van der Waals surface area (Å²) in [7, 11) is 3.76. The first-order chi connectivity index (χ1) is 23.1. The lowest BCUT2D eigenvalue weighted by Gasteiger charge is -2.48. The number of hydrogen-bond acceptors (Lipinski definition) is 12. The van der Waals surface area contributed by atoms with Gasteiger partial charge >= 0.3 is 11.9 Å². The van der Waals surface area contributed by atoms with Crippen molar-refractivity contribution < 1.29 is 52.7 Å². The number of ketones is 1. The van der Waals surface area contributed by atoms with Gasteiger partial charge in [0, 0.05) is 31.4 Å². The zero-order chi connectivity index (χ0) is 37.9. The normalized spacial score (nSPS) is 41.9. The molecule has 13 nitrogen and oxygen atoms in total. The molecule has 50 heavy (non-hydrogen) atoms. The summed E-state index contributed by atoms with van der Waals surface area (Å²) in [6, 6.07) is -0.269. The number of esters is 2. The van der Waals surface area contributed by atoms with Crippen LogP contribution in [0.25, 0.3) is 0 Å². The van der Waals surface area contributed by atoms with Gasteiger partial charge in [0.2, 0.25) is 5.91 Å². The quantitative estimate of drug-likeness (QED) is 0.251. The number of ether oxygens (including phenoxy) is 6. The van der Waals surface area contributed by atoms with Crippen LogP contribution in [0.3, 0.4) is 0 Å². The van der Waals surface area contributed by atoms with Gasteiger partial charge in [0.1, 0.15) is 17.6 Å². The van der Waals surface area contributed by atoms with E-state index in [9.17, 15) is 24.3 Å². The van der Waals surface area contributed by atoms with E-state index in [-0.39, 0.29) is 38.2 Å². The van der Waals surface area contributed by atoms with E-state index in [4.69, 9.17) is 28.4 Å². The number of Topliss-reactive ketones (excluding diaryl/α,β-unsaturated/α-hetero) is 1. The number of aliphatic imine (C=N–C) groups is 1. The third-order valence-corrected chi connectivity index (χ3v) is 10.5. The molecule has 0 saturated carbocycles. The number of hydrogen-bond donors (Lipinski definition) is 1. The number of nitrogens with zero attached hydrogens (tertiary/aromatic N) is 2. The SMILES string of the molecule is C=C1CO[C@@H]2[C@@H](C)C(=NC(C)=O)[C@H](C)C[C@@](C)(OC1)C(O[C@@H]1O[C@H](C)C[C@H](N(C)C)[C@H]1OC(C)=O)[C@@H](C)C(=O)[C@@H](C)C(=O)O[C@H](CC)[C@@]2(C)O. The zero-order valence-electron chi connectivity index (χ0n) is 32.0. The molecule has 0 aromatic carbocycles. The molecule has 0 aromatic heterocycles. The van der Waals surface area contributed by atoms with E-state index >= 15 is 0 Å². The molecule has 3 aliphatic rings. The second-order valence-corrected chi connectivity index (χ2v) is 15.2. The van der Waals surface area contributed by atoms with Gasteiger partial charge in [-0.05, 0) is 72.5 Å². The van der Waals surface area contributed by atoms with Gasteiger partial charge in [-0.2, -0.15) is 0 Å². The third-order valence-electron chi connectivity index (χ3n) is 10.5. The van der Waals surface area contributed by atoms with Crippen molar-refractivity contribution in [2.75, 3.05) is 27.3 Å². The summed E-state index contributed by atoms with van der Waals surface area (Å²) >= 11 is 0. The second kappa shape index (κ2) is 16.9. The van der Waals surface area contributed by atoms with Crippen LogP contribution in [-0.4, -0.2) is 121 Å². The molecule has 13 atom stereocenters. The molecule has 3 rings (SSSR count). The molecule has 0 aromatic rings. The number of aliphatic hydroxyl groups is 1. The van der Waals surface area contributed by atoms with Gasteiger partial charge in [-0.15, -0.1) is 0 Å². The molecule has 3 heterocycles. The van der Waals surface area contributed by atoms with Gasteiger partial charge in [0.25, 0.3) is 0 Å². The Labute approximate surface area is 297 Å². The summed E-state index contributed by atoms with van der Waals surface area (Å²) in [5.41, 5.74) is -2.06. The number of rotatable bonds is 5. The lowest BCUT2D eigenvalue weighted by Crippen LogP contribution is -2.60. The van der Waals surface area contributed by atoms with Crippen LogP contribution in [0.15, 0.2) is 17.1 Å². The number of carbonyl (C=O) groups is 4. The largest absolute Gasteiger partial charge is 0.459 e. The number of amides is 1. The second-order valence-electron chi connectivity index (χ2n) is 15.2. The molecular formula is C37H60N2O11. The Kier molecular flexibility index (Phi) is 14.1. The fraction of sp³-hybridized carbons (Fsp3) is 0.811. The minimum Gasteiger partial charge on any atom is -0.459 e. The summed E-state index contributed by atoms with van der Waals surface area (Å²) in [4.78, 5) is 59.4. The van der Waals surface area contributed by atoms with Crippen LogP contribution < -0.4 is 0 Å². The average molecular weight is 709 g/mol. The Bertz CT molecular complexity index is 1300. The number of carbonyl (C=O) groups excluding carboxylic acids is 4. The molecule has 0 radical (unpaired) electrons. The van der Waals surface area contributed by atoms with Crippen molar-refractivity contribution in [3.63, 3.8) is 0 Å². The van der Waals surface area contributed by atoms with Crippen molar-refractivity contribution in [3.8, 4) is 0 Å². The lowest BCUT2D eigenvalue weighted by molar-refractivity contribution is -0.299. The molecule has 13 heteroatoms. The minimum absolute atomic E-state index is 0.00420. The Morgan fingerprint density at radius 2 is 1.70 bits per heavy atom. The van der Waals surface area contributed by atoms with E-state index in [1.807, 2.05) is 46.7 Å². The van der Waals surface area contributed by atoms with Gasteiger partial charge in [-0.3, -0.25) is 19.2 Å². The predicted molar refractivity (Wildman–Crippen MR) is 185 cm³/mol. The van der Waals surface area contributed by atoms with Crippen molar-refractivity contribution in [1.29, 1.82) is 0 Å². The standard InChI is InChI=1S/C37H60N2O11/c1-14-28-37(11,44)33-22(5)29(38-25(8)40)20(3)16-36(10,46-18-19(2)17-45-33)32(23(6)30(42)24(7)34(43)49-28)50-35-31(48-26(9)41)27(39(12)13)15-21(4)47-35/h20-24,27-28,31-33,35,44H,2,14-18H2,1,3-13H3/t20-,21-,22+,23+,24-,27+,28-,31-,32?,33-,35+,36-,37-/m1/s1. The van der Waals surface area contributed by atoms with Crippen molar-refractivity contribution >= 4 is 29.3 Å². The summed E-state index contributed by atoms with van der Waals surface area (Å²) in [5, 5.41) is 12.1. The highest BCUT2D eigenvalue weighted by Gasteiger charge is 2.53. The maximum Gasteiger partial charge on any atom is 0.316 e. The first-order valence-corrected chi connectivity index (χ1v) is 17.8. The smallest absolute Gasteiger partial charge is 0.316 e. The summed E-state index contributed by atoms with van der Waals surface area (Å²) < 4.78 is 38.0.